The summed E-state index contributed by atoms with van der Waals surface area (Å²) in [6.07, 6.45) is 7.25. The van der Waals surface area contributed by atoms with Crippen LogP contribution in [0, 0.1) is 0 Å². The van der Waals surface area contributed by atoms with E-state index in [1.807, 2.05) is 13.8 Å². The Morgan fingerprint density at radius 3 is 2.55 bits per heavy atom. The van der Waals surface area contributed by atoms with Crippen molar-refractivity contribution in [2.24, 2.45) is 0 Å². The van der Waals surface area contributed by atoms with Gasteiger partial charge in [0.25, 0.3) is 5.91 Å². The summed E-state index contributed by atoms with van der Waals surface area (Å²) in [6, 6.07) is 1.84. The number of hydrogen-bond donors (Lipinski definition) is 1. The maximum Gasteiger partial charge on any atom is 0.328 e. The lowest BCUT2D eigenvalue weighted by molar-refractivity contribution is -0.131. The molecular formula is C15H20N2O3. The van der Waals surface area contributed by atoms with Crippen molar-refractivity contribution in [1.82, 2.24) is 9.88 Å². The van der Waals surface area contributed by atoms with Crippen LogP contribution in [0.3, 0.4) is 0 Å². The van der Waals surface area contributed by atoms with Crippen LogP contribution in [-0.2, 0) is 4.79 Å². The third-order valence-electron chi connectivity index (χ3n) is 3.24. The first-order chi connectivity index (χ1) is 9.49. The van der Waals surface area contributed by atoms with Crippen LogP contribution < -0.4 is 0 Å². The summed E-state index contributed by atoms with van der Waals surface area (Å²) in [4.78, 5) is 28.5. The van der Waals surface area contributed by atoms with E-state index in [1.165, 1.54) is 18.5 Å². The molecule has 0 atom stereocenters. The number of rotatable bonds is 6. The summed E-state index contributed by atoms with van der Waals surface area (Å²) in [7, 11) is 1.78. The second-order valence-corrected chi connectivity index (χ2v) is 4.56. The molecular weight excluding hydrogens is 256 g/mol. The molecule has 0 fully saturated rings. The molecule has 108 valence electrons. The van der Waals surface area contributed by atoms with Gasteiger partial charge in [0.15, 0.2) is 0 Å². The highest BCUT2D eigenvalue weighted by Gasteiger charge is 2.18. The van der Waals surface area contributed by atoms with Crippen LogP contribution in [0.2, 0.25) is 0 Å². The Hall–Kier alpha value is -2.17. The van der Waals surface area contributed by atoms with Crippen molar-refractivity contribution in [2.75, 3.05) is 7.05 Å². The van der Waals surface area contributed by atoms with E-state index < -0.39 is 5.97 Å². The molecule has 0 saturated carbocycles. The zero-order chi connectivity index (χ0) is 15.1. The molecule has 0 aromatic carbocycles. The minimum atomic E-state index is -1.03. The van der Waals surface area contributed by atoms with Gasteiger partial charge in [-0.25, -0.2) is 4.79 Å². The van der Waals surface area contributed by atoms with Crippen molar-refractivity contribution in [1.29, 1.82) is 0 Å². The van der Waals surface area contributed by atoms with E-state index in [0.29, 0.717) is 11.1 Å². The fraction of sp³-hybridized carbons (Fsp3) is 0.400. The van der Waals surface area contributed by atoms with Gasteiger partial charge in [-0.05, 0) is 30.5 Å². The second-order valence-electron chi connectivity index (χ2n) is 4.56. The van der Waals surface area contributed by atoms with E-state index in [0.717, 1.165) is 18.9 Å². The highest BCUT2D eigenvalue weighted by Crippen LogP contribution is 2.12. The van der Waals surface area contributed by atoms with Crippen LogP contribution >= 0.6 is 0 Å². The first-order valence-electron chi connectivity index (χ1n) is 6.62. The maximum atomic E-state index is 12.3. The molecule has 0 aliphatic carbocycles. The van der Waals surface area contributed by atoms with Gasteiger partial charge in [0.05, 0.1) is 5.56 Å². The normalized spacial score (nSPS) is 11.0. The number of hydrogen-bond acceptors (Lipinski definition) is 3. The van der Waals surface area contributed by atoms with Gasteiger partial charge in [0.2, 0.25) is 0 Å². The maximum absolute atomic E-state index is 12.3. The van der Waals surface area contributed by atoms with Gasteiger partial charge >= 0.3 is 5.97 Å². The number of pyridine rings is 1. The largest absolute Gasteiger partial charge is 0.478 e. The smallest absolute Gasteiger partial charge is 0.328 e. The number of aliphatic carboxylic acids is 1. The van der Waals surface area contributed by atoms with Crippen LogP contribution in [0.1, 0.15) is 42.6 Å². The van der Waals surface area contributed by atoms with Gasteiger partial charge in [0, 0.05) is 31.6 Å². The molecule has 20 heavy (non-hydrogen) atoms. The Labute approximate surface area is 118 Å². The lowest BCUT2D eigenvalue weighted by atomic mass is 10.1. The molecule has 5 heteroatoms. The predicted molar refractivity (Wildman–Crippen MR) is 77.4 cm³/mol. The number of carbonyl (C=O) groups is 2. The zero-order valence-corrected chi connectivity index (χ0v) is 12.0. The van der Waals surface area contributed by atoms with E-state index in [-0.39, 0.29) is 11.9 Å². The van der Waals surface area contributed by atoms with Crippen molar-refractivity contribution in [2.45, 2.75) is 32.7 Å². The highest BCUT2D eigenvalue weighted by molar-refractivity contribution is 5.94. The number of aromatic nitrogens is 1. The van der Waals surface area contributed by atoms with Crippen molar-refractivity contribution in [3.05, 3.63) is 35.7 Å². The highest BCUT2D eigenvalue weighted by atomic mass is 16.4. The quantitative estimate of drug-likeness (QED) is 0.810. The average Bonchev–Trinajstić information content (AvgIpc) is 2.45. The Morgan fingerprint density at radius 2 is 2.00 bits per heavy atom. The van der Waals surface area contributed by atoms with Crippen LogP contribution in [0.25, 0.3) is 6.08 Å². The van der Waals surface area contributed by atoms with Crippen molar-refractivity contribution in [3.8, 4) is 0 Å². The number of carboxylic acids is 1. The summed E-state index contributed by atoms with van der Waals surface area (Å²) < 4.78 is 0. The monoisotopic (exact) mass is 276 g/mol. The Kier molecular flexibility index (Phi) is 5.90. The van der Waals surface area contributed by atoms with E-state index in [9.17, 15) is 9.59 Å². The van der Waals surface area contributed by atoms with Crippen LogP contribution in [-0.4, -0.2) is 40.0 Å². The Balaban J connectivity index is 2.93. The number of carbonyl (C=O) groups excluding carboxylic acids is 1. The van der Waals surface area contributed by atoms with Crippen LogP contribution in [0.5, 0.6) is 0 Å². The van der Waals surface area contributed by atoms with Gasteiger partial charge in [-0.1, -0.05) is 13.8 Å². The van der Waals surface area contributed by atoms with Crippen molar-refractivity contribution < 1.29 is 14.7 Å². The van der Waals surface area contributed by atoms with Gasteiger partial charge in [-0.15, -0.1) is 0 Å². The topological polar surface area (TPSA) is 70.5 Å². The van der Waals surface area contributed by atoms with E-state index >= 15 is 0 Å². The first kappa shape index (κ1) is 15.9. The van der Waals surface area contributed by atoms with Gasteiger partial charge in [-0.3, -0.25) is 9.78 Å². The first-order valence-corrected chi connectivity index (χ1v) is 6.62. The third kappa shape index (κ3) is 4.19. The second kappa shape index (κ2) is 7.43. The van der Waals surface area contributed by atoms with Crippen LogP contribution in [0.4, 0.5) is 0 Å². The summed E-state index contributed by atoms with van der Waals surface area (Å²) in [5, 5.41) is 8.60. The van der Waals surface area contributed by atoms with Crippen LogP contribution in [0.15, 0.2) is 24.5 Å². The average molecular weight is 276 g/mol. The van der Waals surface area contributed by atoms with Gasteiger partial charge in [-0.2, -0.15) is 0 Å². The molecule has 1 aromatic rings. The SMILES string of the molecule is CCC(CC)N(C)C(=O)c1cncc(C=CC(=O)O)c1. The molecule has 1 amide bonds. The molecule has 0 radical (unpaired) electrons. The van der Waals surface area contributed by atoms with E-state index in [1.54, 1.807) is 18.0 Å². The summed E-state index contributed by atoms with van der Waals surface area (Å²) >= 11 is 0. The summed E-state index contributed by atoms with van der Waals surface area (Å²) in [5.74, 6) is -1.13. The lowest BCUT2D eigenvalue weighted by Gasteiger charge is -2.26. The molecule has 0 aliphatic rings. The molecule has 0 aliphatic heterocycles. The van der Waals surface area contributed by atoms with E-state index in [2.05, 4.69) is 4.98 Å². The lowest BCUT2D eigenvalue weighted by Crippen LogP contribution is -2.36. The molecule has 1 heterocycles. The molecule has 0 saturated heterocycles. The molecule has 0 unspecified atom stereocenters. The Morgan fingerprint density at radius 1 is 1.35 bits per heavy atom. The minimum Gasteiger partial charge on any atom is -0.478 e. The molecule has 1 aromatic heterocycles. The van der Waals surface area contributed by atoms with Crippen molar-refractivity contribution >= 4 is 18.0 Å². The molecule has 0 bridgehead atoms. The fourth-order valence-corrected chi connectivity index (χ4v) is 2.04. The predicted octanol–water partition coefficient (Wildman–Crippen LogP) is 2.44. The minimum absolute atomic E-state index is 0.100. The number of carboxylic acid groups (broad SMARTS) is 1. The molecule has 1 N–H and O–H groups in total. The number of amides is 1. The van der Waals surface area contributed by atoms with Gasteiger partial charge < -0.3 is 10.0 Å². The summed E-state index contributed by atoms with van der Waals surface area (Å²) in [6.45, 7) is 4.09. The van der Waals surface area contributed by atoms with Gasteiger partial charge in [0.1, 0.15) is 0 Å². The van der Waals surface area contributed by atoms with E-state index in [4.69, 9.17) is 5.11 Å². The molecule has 5 nitrogen and oxygen atoms in total. The number of nitrogens with zero attached hydrogens (tertiary/aromatic N) is 2. The fourth-order valence-electron chi connectivity index (χ4n) is 2.04. The molecule has 0 spiro atoms. The summed E-state index contributed by atoms with van der Waals surface area (Å²) in [5.41, 5.74) is 1.06. The third-order valence-corrected chi connectivity index (χ3v) is 3.24. The zero-order valence-electron chi connectivity index (χ0n) is 12.0. The Bertz CT molecular complexity index is 508. The standard InChI is InChI=1S/C15H20N2O3/c1-4-13(5-2)17(3)15(20)12-8-11(9-16-10-12)6-7-14(18)19/h6-10,13H,4-5H2,1-3H3,(H,18,19). The van der Waals surface area contributed by atoms with Crippen molar-refractivity contribution in [3.63, 3.8) is 0 Å². The molecule has 1 rings (SSSR count).